The van der Waals surface area contributed by atoms with E-state index in [0.717, 1.165) is 11.1 Å². The summed E-state index contributed by atoms with van der Waals surface area (Å²) in [5.74, 6) is -0.193. The maximum atomic E-state index is 12.8. The van der Waals surface area contributed by atoms with Crippen LogP contribution in [0.5, 0.6) is 0 Å². The molecule has 0 radical (unpaired) electrons. The van der Waals surface area contributed by atoms with Gasteiger partial charge in [-0.3, -0.25) is 10.1 Å². The topological polar surface area (TPSA) is 43.1 Å². The lowest BCUT2D eigenvalue weighted by Gasteiger charge is -2.12. The quantitative estimate of drug-likeness (QED) is 0.608. The predicted molar refractivity (Wildman–Crippen MR) is 67.0 cm³/mol. The number of benzene rings is 2. The molecule has 0 amide bonds. The Morgan fingerprint density at radius 2 is 1.44 bits per heavy atom. The molecule has 2 rings (SSSR count). The summed E-state index contributed by atoms with van der Waals surface area (Å²) in [5, 5.41) is 10.6. The van der Waals surface area contributed by atoms with Crippen LogP contribution >= 0.6 is 0 Å². The number of nitro groups is 1. The van der Waals surface area contributed by atoms with Crippen molar-refractivity contribution in [3.8, 4) is 0 Å². The fourth-order valence-corrected chi connectivity index (χ4v) is 1.83. The molecular formula is C14H12FNO2. The summed E-state index contributed by atoms with van der Waals surface area (Å²) in [7, 11) is 0. The van der Waals surface area contributed by atoms with Crippen molar-refractivity contribution in [3.63, 3.8) is 0 Å². The van der Waals surface area contributed by atoms with Gasteiger partial charge in [0.25, 0.3) is 5.69 Å². The number of halogens is 1. The van der Waals surface area contributed by atoms with E-state index >= 15 is 0 Å². The van der Waals surface area contributed by atoms with Crippen molar-refractivity contribution in [3.05, 3.63) is 75.6 Å². The summed E-state index contributed by atoms with van der Waals surface area (Å²) >= 11 is 0. The lowest BCUT2D eigenvalue weighted by atomic mass is 9.93. The lowest BCUT2D eigenvalue weighted by Crippen LogP contribution is -1.96. The van der Waals surface area contributed by atoms with Crippen LogP contribution in [0.4, 0.5) is 10.1 Å². The monoisotopic (exact) mass is 245 g/mol. The Labute approximate surface area is 104 Å². The molecule has 92 valence electrons. The normalized spacial score (nSPS) is 12.1. The average molecular weight is 245 g/mol. The van der Waals surface area contributed by atoms with Crippen LogP contribution in [0.3, 0.4) is 0 Å². The van der Waals surface area contributed by atoms with Crippen molar-refractivity contribution in [2.24, 2.45) is 0 Å². The van der Waals surface area contributed by atoms with E-state index in [9.17, 15) is 14.5 Å². The van der Waals surface area contributed by atoms with Crippen molar-refractivity contribution in [1.29, 1.82) is 0 Å². The minimum Gasteiger partial charge on any atom is -0.258 e. The molecule has 1 unspecified atom stereocenters. The summed E-state index contributed by atoms with van der Waals surface area (Å²) in [6.45, 7) is 1.98. The first-order valence-electron chi connectivity index (χ1n) is 5.58. The van der Waals surface area contributed by atoms with Crippen LogP contribution in [0.1, 0.15) is 24.0 Å². The molecule has 0 saturated heterocycles. The zero-order valence-corrected chi connectivity index (χ0v) is 9.84. The number of nitrogens with zero attached hydrogens (tertiary/aromatic N) is 1. The highest BCUT2D eigenvalue weighted by Crippen LogP contribution is 2.25. The van der Waals surface area contributed by atoms with E-state index in [4.69, 9.17) is 0 Å². The zero-order valence-electron chi connectivity index (χ0n) is 9.84. The van der Waals surface area contributed by atoms with Gasteiger partial charge in [0.05, 0.1) is 4.92 Å². The van der Waals surface area contributed by atoms with Crippen LogP contribution in [-0.2, 0) is 0 Å². The second-order valence-electron chi connectivity index (χ2n) is 4.12. The number of hydrogen-bond donors (Lipinski definition) is 0. The van der Waals surface area contributed by atoms with Crippen molar-refractivity contribution < 1.29 is 9.31 Å². The molecule has 0 saturated carbocycles. The van der Waals surface area contributed by atoms with Crippen LogP contribution in [0.25, 0.3) is 0 Å². The van der Waals surface area contributed by atoms with Crippen molar-refractivity contribution in [2.45, 2.75) is 12.8 Å². The molecule has 0 aliphatic heterocycles. The van der Waals surface area contributed by atoms with Gasteiger partial charge in [-0.2, -0.15) is 0 Å². The van der Waals surface area contributed by atoms with E-state index in [1.807, 2.05) is 6.92 Å². The van der Waals surface area contributed by atoms with Gasteiger partial charge in [0.2, 0.25) is 0 Å². The van der Waals surface area contributed by atoms with E-state index < -0.39 is 4.92 Å². The fourth-order valence-electron chi connectivity index (χ4n) is 1.83. The Morgan fingerprint density at radius 3 is 1.89 bits per heavy atom. The largest absolute Gasteiger partial charge is 0.269 e. The summed E-state index contributed by atoms with van der Waals surface area (Å²) < 4.78 is 12.8. The maximum Gasteiger partial charge on any atom is 0.269 e. The van der Waals surface area contributed by atoms with E-state index in [1.165, 1.54) is 24.3 Å². The number of nitro benzene ring substituents is 1. The summed E-state index contributed by atoms with van der Waals surface area (Å²) in [5.41, 5.74) is 2.02. The van der Waals surface area contributed by atoms with Crippen molar-refractivity contribution >= 4 is 5.69 Å². The molecule has 3 nitrogen and oxygen atoms in total. The maximum absolute atomic E-state index is 12.8. The second-order valence-corrected chi connectivity index (χ2v) is 4.12. The Bertz CT molecular complexity index is 549. The van der Waals surface area contributed by atoms with Crippen molar-refractivity contribution in [1.82, 2.24) is 0 Å². The average Bonchev–Trinajstić information content (AvgIpc) is 2.39. The highest BCUT2D eigenvalue weighted by molar-refractivity contribution is 5.38. The smallest absolute Gasteiger partial charge is 0.258 e. The lowest BCUT2D eigenvalue weighted by molar-refractivity contribution is -0.384. The van der Waals surface area contributed by atoms with Gasteiger partial charge in [-0.05, 0) is 23.3 Å². The first-order chi connectivity index (χ1) is 8.58. The minimum atomic E-state index is -0.424. The van der Waals surface area contributed by atoms with Crippen molar-refractivity contribution in [2.75, 3.05) is 0 Å². The highest BCUT2D eigenvalue weighted by Gasteiger charge is 2.10. The number of hydrogen-bond acceptors (Lipinski definition) is 2. The van der Waals surface area contributed by atoms with E-state index in [0.29, 0.717) is 0 Å². The van der Waals surface area contributed by atoms with Gasteiger partial charge in [-0.1, -0.05) is 31.2 Å². The molecule has 2 aromatic rings. The van der Waals surface area contributed by atoms with Gasteiger partial charge in [-0.25, -0.2) is 4.39 Å². The molecule has 2 aromatic carbocycles. The van der Waals surface area contributed by atoms with Crippen LogP contribution in [0, 0.1) is 15.9 Å². The van der Waals surface area contributed by atoms with Gasteiger partial charge in [0.1, 0.15) is 5.82 Å². The SMILES string of the molecule is CC(c1ccc(F)cc1)c1ccc([N+](=O)[O-])cc1. The first-order valence-corrected chi connectivity index (χ1v) is 5.58. The Balaban J connectivity index is 2.25. The fraction of sp³-hybridized carbons (Fsp3) is 0.143. The highest BCUT2D eigenvalue weighted by atomic mass is 19.1. The molecule has 0 aliphatic rings. The third kappa shape index (κ3) is 2.53. The standard InChI is InChI=1S/C14H12FNO2/c1-10(11-2-6-13(15)7-3-11)12-4-8-14(9-5-12)16(17)18/h2-10H,1H3. The molecule has 0 fully saturated rings. The van der Waals surface area contributed by atoms with E-state index in [-0.39, 0.29) is 17.4 Å². The summed E-state index contributed by atoms with van der Waals surface area (Å²) in [4.78, 5) is 10.1. The Hall–Kier alpha value is -2.23. The molecular weight excluding hydrogens is 233 g/mol. The van der Waals surface area contributed by atoms with Gasteiger partial charge in [0, 0.05) is 18.1 Å². The molecule has 0 spiro atoms. The Morgan fingerprint density at radius 1 is 1.00 bits per heavy atom. The van der Waals surface area contributed by atoms with Crippen LogP contribution in [-0.4, -0.2) is 4.92 Å². The summed E-state index contributed by atoms with van der Waals surface area (Å²) in [6, 6.07) is 12.7. The number of non-ortho nitro benzene ring substituents is 1. The molecule has 18 heavy (non-hydrogen) atoms. The van der Waals surface area contributed by atoms with Gasteiger partial charge < -0.3 is 0 Å². The first kappa shape index (κ1) is 12.2. The molecule has 0 heterocycles. The predicted octanol–water partition coefficient (Wildman–Crippen LogP) is 3.89. The minimum absolute atomic E-state index is 0.0741. The van der Waals surface area contributed by atoms with E-state index in [1.54, 1.807) is 24.3 Å². The molecule has 0 bridgehead atoms. The second kappa shape index (κ2) is 4.96. The zero-order chi connectivity index (χ0) is 13.1. The molecule has 1 atom stereocenters. The molecule has 4 heteroatoms. The number of rotatable bonds is 3. The van der Waals surface area contributed by atoms with Crippen LogP contribution in [0.15, 0.2) is 48.5 Å². The van der Waals surface area contributed by atoms with Gasteiger partial charge in [0.15, 0.2) is 0 Å². The van der Waals surface area contributed by atoms with Gasteiger partial charge >= 0.3 is 0 Å². The third-order valence-corrected chi connectivity index (χ3v) is 2.97. The van der Waals surface area contributed by atoms with Crippen LogP contribution in [0.2, 0.25) is 0 Å². The third-order valence-electron chi connectivity index (χ3n) is 2.97. The molecule has 0 N–H and O–H groups in total. The molecule has 0 aromatic heterocycles. The molecule has 0 aliphatic carbocycles. The van der Waals surface area contributed by atoms with E-state index in [2.05, 4.69) is 0 Å². The summed E-state index contributed by atoms with van der Waals surface area (Å²) in [6.07, 6.45) is 0. The van der Waals surface area contributed by atoms with Crippen LogP contribution < -0.4 is 0 Å². The van der Waals surface area contributed by atoms with Gasteiger partial charge in [-0.15, -0.1) is 0 Å². The Kier molecular flexibility index (Phi) is 3.37.